The van der Waals surface area contributed by atoms with Crippen molar-refractivity contribution in [3.8, 4) is 5.75 Å². The lowest BCUT2D eigenvalue weighted by Crippen LogP contribution is -2.39. The highest BCUT2D eigenvalue weighted by atomic mass is 35.5. The van der Waals surface area contributed by atoms with Gasteiger partial charge < -0.3 is 15.4 Å². The number of rotatable bonds is 7. The minimum absolute atomic E-state index is 0. The molecule has 2 aliphatic heterocycles. The molecule has 25 heavy (non-hydrogen) atoms. The average Bonchev–Trinajstić information content (AvgIpc) is 2.90. The van der Waals surface area contributed by atoms with Crippen LogP contribution < -0.4 is 15.4 Å². The molecule has 2 atom stereocenters. The lowest BCUT2D eigenvalue weighted by atomic mass is 9.89. The highest BCUT2D eigenvalue weighted by Gasteiger charge is 2.34. The summed E-state index contributed by atoms with van der Waals surface area (Å²) in [4.78, 5) is 12.3. The molecule has 140 valence electrons. The number of hydrogen-bond donors (Lipinski definition) is 2. The van der Waals surface area contributed by atoms with Crippen LogP contribution in [-0.2, 0) is 11.3 Å². The van der Waals surface area contributed by atoms with Crippen LogP contribution in [0.1, 0.15) is 51.5 Å². The molecular formula is C20H31ClN2O2. The van der Waals surface area contributed by atoms with Gasteiger partial charge in [0.25, 0.3) is 0 Å². The van der Waals surface area contributed by atoms with Gasteiger partial charge in [0, 0.05) is 25.0 Å². The summed E-state index contributed by atoms with van der Waals surface area (Å²) in [6, 6.07) is 9.31. The fraction of sp³-hybridized carbons (Fsp3) is 0.650. The van der Waals surface area contributed by atoms with E-state index in [0.29, 0.717) is 43.5 Å². The van der Waals surface area contributed by atoms with Gasteiger partial charge in [-0.15, -0.1) is 12.4 Å². The van der Waals surface area contributed by atoms with Crippen LogP contribution in [-0.4, -0.2) is 24.6 Å². The lowest BCUT2D eigenvalue weighted by Gasteiger charge is -2.28. The Hall–Kier alpha value is -1.26. The maximum atomic E-state index is 12.3. The van der Waals surface area contributed by atoms with Gasteiger partial charge in [-0.25, -0.2) is 0 Å². The van der Waals surface area contributed by atoms with E-state index in [1.807, 2.05) is 24.3 Å². The summed E-state index contributed by atoms with van der Waals surface area (Å²) in [5.74, 6) is 2.11. The van der Waals surface area contributed by atoms with E-state index in [0.717, 1.165) is 24.2 Å². The molecule has 0 radical (unpaired) electrons. The van der Waals surface area contributed by atoms with Crippen molar-refractivity contribution in [2.75, 3.05) is 6.61 Å². The predicted molar refractivity (Wildman–Crippen MR) is 103 cm³/mol. The average molecular weight is 367 g/mol. The van der Waals surface area contributed by atoms with Crippen LogP contribution in [0.4, 0.5) is 0 Å². The van der Waals surface area contributed by atoms with Crippen molar-refractivity contribution >= 4 is 18.3 Å². The van der Waals surface area contributed by atoms with Crippen LogP contribution in [0.25, 0.3) is 0 Å². The van der Waals surface area contributed by atoms with Crippen LogP contribution in [0.2, 0.25) is 0 Å². The number of hydrogen-bond acceptors (Lipinski definition) is 3. The SMILES string of the molecule is CC(C)COc1cccc(CNC(=O)CC2CC3CCC(C2)N3)c1.Cl. The van der Waals surface area contributed by atoms with Crippen molar-refractivity contribution in [2.45, 2.75) is 64.6 Å². The third-order valence-electron chi connectivity index (χ3n) is 5.02. The van der Waals surface area contributed by atoms with Crippen molar-refractivity contribution in [1.82, 2.24) is 10.6 Å². The summed E-state index contributed by atoms with van der Waals surface area (Å²) in [5.41, 5.74) is 1.09. The van der Waals surface area contributed by atoms with Crippen LogP contribution in [0.15, 0.2) is 24.3 Å². The zero-order valence-electron chi connectivity index (χ0n) is 15.3. The normalized spacial score (nSPS) is 24.7. The highest BCUT2D eigenvalue weighted by molar-refractivity contribution is 5.85. The molecule has 0 spiro atoms. The van der Waals surface area contributed by atoms with E-state index in [4.69, 9.17) is 4.74 Å². The molecule has 0 saturated carbocycles. The lowest BCUT2D eigenvalue weighted by molar-refractivity contribution is -0.122. The van der Waals surface area contributed by atoms with Gasteiger partial charge >= 0.3 is 0 Å². The van der Waals surface area contributed by atoms with E-state index < -0.39 is 0 Å². The number of carbonyl (C=O) groups excluding carboxylic acids is 1. The van der Waals surface area contributed by atoms with Gasteiger partial charge in [-0.3, -0.25) is 4.79 Å². The van der Waals surface area contributed by atoms with Gasteiger partial charge in [-0.05, 0) is 55.2 Å². The van der Waals surface area contributed by atoms with E-state index in [-0.39, 0.29) is 18.3 Å². The largest absolute Gasteiger partial charge is 0.493 e. The van der Waals surface area contributed by atoms with Crippen molar-refractivity contribution in [1.29, 1.82) is 0 Å². The second-order valence-electron chi connectivity index (χ2n) is 7.81. The smallest absolute Gasteiger partial charge is 0.220 e. The van der Waals surface area contributed by atoms with Gasteiger partial charge in [0.2, 0.25) is 5.91 Å². The second kappa shape index (κ2) is 9.44. The topological polar surface area (TPSA) is 50.4 Å². The Morgan fingerprint density at radius 3 is 2.68 bits per heavy atom. The third kappa shape index (κ3) is 6.19. The highest BCUT2D eigenvalue weighted by Crippen LogP contribution is 2.32. The Labute approximate surface area is 157 Å². The van der Waals surface area contributed by atoms with Crippen molar-refractivity contribution < 1.29 is 9.53 Å². The van der Waals surface area contributed by atoms with Gasteiger partial charge in [0.1, 0.15) is 5.75 Å². The van der Waals surface area contributed by atoms with E-state index >= 15 is 0 Å². The molecule has 2 unspecified atom stereocenters. The maximum Gasteiger partial charge on any atom is 0.220 e. The maximum absolute atomic E-state index is 12.3. The molecule has 0 aromatic heterocycles. The van der Waals surface area contributed by atoms with E-state index in [1.165, 1.54) is 12.8 Å². The molecule has 2 heterocycles. The first-order valence-corrected chi connectivity index (χ1v) is 9.33. The van der Waals surface area contributed by atoms with Crippen LogP contribution in [0, 0.1) is 11.8 Å². The number of piperidine rings is 1. The minimum atomic E-state index is 0. The molecule has 2 aliphatic rings. The fourth-order valence-corrected chi connectivity index (χ4v) is 3.88. The van der Waals surface area contributed by atoms with Gasteiger partial charge in [-0.2, -0.15) is 0 Å². The first kappa shape index (κ1) is 20.1. The predicted octanol–water partition coefficient (Wildman–Crippen LogP) is 3.68. The van der Waals surface area contributed by atoms with E-state index in [1.54, 1.807) is 0 Å². The number of carbonyl (C=O) groups is 1. The Kier molecular flexibility index (Phi) is 7.57. The summed E-state index contributed by atoms with van der Waals surface area (Å²) in [5, 5.41) is 6.71. The molecule has 2 fully saturated rings. The molecule has 2 N–H and O–H groups in total. The molecular weight excluding hydrogens is 336 g/mol. The van der Waals surface area contributed by atoms with E-state index in [9.17, 15) is 4.79 Å². The van der Waals surface area contributed by atoms with Crippen molar-refractivity contribution in [3.63, 3.8) is 0 Å². The third-order valence-corrected chi connectivity index (χ3v) is 5.02. The number of fused-ring (bicyclic) bond motifs is 2. The summed E-state index contributed by atoms with van der Waals surface area (Å²) >= 11 is 0. The van der Waals surface area contributed by atoms with Gasteiger partial charge in [0.15, 0.2) is 0 Å². The quantitative estimate of drug-likeness (QED) is 0.773. The van der Waals surface area contributed by atoms with Crippen LogP contribution in [0.5, 0.6) is 5.75 Å². The number of ether oxygens (including phenoxy) is 1. The van der Waals surface area contributed by atoms with Crippen molar-refractivity contribution in [2.24, 2.45) is 11.8 Å². The molecule has 0 aliphatic carbocycles. The molecule has 2 bridgehead atoms. The zero-order valence-corrected chi connectivity index (χ0v) is 16.1. The van der Waals surface area contributed by atoms with Crippen LogP contribution >= 0.6 is 12.4 Å². The number of halogens is 1. The standard InChI is InChI=1S/C20H30N2O2.ClH/c1-14(2)13-24-19-5-3-4-15(10-19)12-21-20(23)11-16-8-17-6-7-18(9-16)22-17;/h3-5,10,14,16-18,22H,6-9,11-13H2,1-2H3,(H,21,23);1H. The molecule has 5 heteroatoms. The molecule has 3 rings (SSSR count). The summed E-state index contributed by atoms with van der Waals surface area (Å²) in [6.07, 6.45) is 5.54. The van der Waals surface area contributed by atoms with Gasteiger partial charge in [-0.1, -0.05) is 26.0 Å². The molecule has 1 aromatic carbocycles. The number of nitrogens with one attached hydrogen (secondary N) is 2. The number of amides is 1. The second-order valence-corrected chi connectivity index (χ2v) is 7.81. The fourth-order valence-electron chi connectivity index (χ4n) is 3.88. The summed E-state index contributed by atoms with van der Waals surface area (Å²) in [7, 11) is 0. The van der Waals surface area contributed by atoms with Crippen LogP contribution in [0.3, 0.4) is 0 Å². The zero-order chi connectivity index (χ0) is 16.9. The molecule has 2 saturated heterocycles. The summed E-state index contributed by atoms with van der Waals surface area (Å²) in [6.45, 7) is 5.57. The van der Waals surface area contributed by atoms with E-state index in [2.05, 4.69) is 24.5 Å². The molecule has 1 aromatic rings. The summed E-state index contributed by atoms with van der Waals surface area (Å²) < 4.78 is 5.75. The molecule has 1 amide bonds. The minimum Gasteiger partial charge on any atom is -0.493 e. The molecule has 4 nitrogen and oxygen atoms in total. The number of benzene rings is 1. The first-order valence-electron chi connectivity index (χ1n) is 9.33. The Morgan fingerprint density at radius 1 is 1.28 bits per heavy atom. The Balaban J connectivity index is 0.00000225. The Morgan fingerprint density at radius 2 is 2.00 bits per heavy atom. The van der Waals surface area contributed by atoms with Crippen molar-refractivity contribution in [3.05, 3.63) is 29.8 Å². The van der Waals surface area contributed by atoms with Gasteiger partial charge in [0.05, 0.1) is 6.61 Å². The monoisotopic (exact) mass is 366 g/mol. The first-order chi connectivity index (χ1) is 11.6. The Bertz CT molecular complexity index is 552.